The molecule has 10 heteroatoms. The molecular weight excluding hydrogens is 527 g/mol. The number of likely N-dealkylation sites (tertiary alicyclic amines) is 1. The highest BCUT2D eigenvalue weighted by Crippen LogP contribution is 2.49. The molecule has 1 spiro atoms. The molecule has 204 valence electrons. The highest BCUT2D eigenvalue weighted by molar-refractivity contribution is 5.82. The first-order chi connectivity index (χ1) is 17.6. The number of piperidine rings is 1. The molecule has 2 aromatic carbocycles. The summed E-state index contributed by atoms with van der Waals surface area (Å²) in [6.07, 6.45) is 2.55. The van der Waals surface area contributed by atoms with E-state index in [4.69, 9.17) is 14.0 Å². The van der Waals surface area contributed by atoms with Crippen LogP contribution in [0.4, 0.5) is 0 Å². The average molecular weight is 562 g/mol. The molecule has 3 aromatic rings. The van der Waals surface area contributed by atoms with Crippen LogP contribution < -0.4 is 44.6 Å². The van der Waals surface area contributed by atoms with Crippen LogP contribution in [0.5, 0.6) is 11.5 Å². The second-order valence-electron chi connectivity index (χ2n) is 10.3. The van der Waals surface area contributed by atoms with Crippen LogP contribution in [0, 0.1) is 12.8 Å². The fourth-order valence-corrected chi connectivity index (χ4v) is 6.67. The van der Waals surface area contributed by atoms with Gasteiger partial charge in [-0.1, -0.05) is 42.5 Å². The summed E-state index contributed by atoms with van der Waals surface area (Å²) in [6, 6.07) is 16.5. The predicted molar refractivity (Wildman–Crippen MR) is 131 cm³/mol. The summed E-state index contributed by atoms with van der Waals surface area (Å²) in [4.78, 5) is 19.8. The van der Waals surface area contributed by atoms with Gasteiger partial charge in [0.25, 0.3) is 0 Å². The van der Waals surface area contributed by atoms with E-state index in [1.54, 1.807) is 7.11 Å². The second kappa shape index (κ2) is 11.5. The lowest BCUT2D eigenvalue weighted by Gasteiger charge is -2.42. The molecule has 0 aliphatic carbocycles. The van der Waals surface area contributed by atoms with E-state index in [9.17, 15) is 4.79 Å². The first-order valence-corrected chi connectivity index (χ1v) is 12.9. The zero-order valence-electron chi connectivity index (χ0n) is 21.7. The number of benzene rings is 2. The highest BCUT2D eigenvalue weighted by atomic mass is 35.5. The Bertz CT molecular complexity index is 1260. The smallest absolute Gasteiger partial charge is 0.343 e. The van der Waals surface area contributed by atoms with Crippen LogP contribution >= 0.6 is 0 Å². The maximum absolute atomic E-state index is 14.4. The Kier molecular flexibility index (Phi) is 8.55. The number of methoxy groups -OCH3 is 1. The van der Waals surface area contributed by atoms with Crippen molar-refractivity contribution in [3.63, 3.8) is 0 Å². The number of H-pyrrole nitrogens is 1. The molecule has 3 aliphatic heterocycles. The van der Waals surface area contributed by atoms with Gasteiger partial charge in [0, 0.05) is 19.0 Å². The number of fused-ring (bicyclic) bond motifs is 2. The largest absolute Gasteiger partial charge is 1.00 e. The topological polar surface area (TPSA) is 95.6 Å². The SMILES string of the molecule is COc1cccc2c1OCC[C@]21C[NH2+]C[C@H]1C(=O)N1CC[C@@H](c2ccccc2)C[C@H]1c1[nH+]c(C)no1.[Cl-].[Cl-]. The zero-order chi connectivity index (χ0) is 24.7. The van der Waals surface area contributed by atoms with Crippen molar-refractivity contribution in [1.82, 2.24) is 10.1 Å². The molecule has 1 amide bonds. The van der Waals surface area contributed by atoms with Crippen LogP contribution in [0.3, 0.4) is 0 Å². The maximum Gasteiger partial charge on any atom is 0.343 e. The number of aromatic nitrogens is 2. The Morgan fingerprint density at radius 2 is 2.00 bits per heavy atom. The summed E-state index contributed by atoms with van der Waals surface area (Å²) in [6.45, 7) is 4.78. The van der Waals surface area contributed by atoms with Gasteiger partial charge in [0.1, 0.15) is 12.0 Å². The molecule has 4 atom stereocenters. The molecule has 4 heterocycles. The third-order valence-corrected chi connectivity index (χ3v) is 8.45. The fourth-order valence-electron chi connectivity index (χ4n) is 6.67. The van der Waals surface area contributed by atoms with Gasteiger partial charge in [-0.05, 0) is 36.8 Å². The van der Waals surface area contributed by atoms with E-state index in [0.29, 0.717) is 25.0 Å². The number of nitrogens with two attached hydrogens (primary N) is 1. The Morgan fingerprint density at radius 1 is 1.18 bits per heavy atom. The lowest BCUT2D eigenvalue weighted by molar-refractivity contribution is -0.640. The van der Waals surface area contributed by atoms with E-state index in [-0.39, 0.29) is 48.1 Å². The number of nitrogens with zero attached hydrogens (tertiary/aromatic N) is 2. The van der Waals surface area contributed by atoms with Crippen molar-refractivity contribution >= 4 is 5.91 Å². The van der Waals surface area contributed by atoms with Crippen molar-refractivity contribution in [2.75, 3.05) is 33.4 Å². The molecule has 0 bridgehead atoms. The molecule has 2 saturated heterocycles. The van der Waals surface area contributed by atoms with E-state index in [0.717, 1.165) is 55.2 Å². The molecule has 0 radical (unpaired) electrons. The normalized spacial score (nSPS) is 26.1. The molecular formula is C28H34Cl2N4O4. The van der Waals surface area contributed by atoms with Gasteiger partial charge >= 0.3 is 11.7 Å². The van der Waals surface area contributed by atoms with Gasteiger partial charge in [0.15, 0.2) is 16.7 Å². The third-order valence-electron chi connectivity index (χ3n) is 8.45. The van der Waals surface area contributed by atoms with E-state index in [1.807, 2.05) is 25.1 Å². The van der Waals surface area contributed by atoms with Gasteiger partial charge in [-0.2, -0.15) is 0 Å². The Labute approximate surface area is 235 Å². The number of hydrogen-bond donors (Lipinski definition) is 1. The van der Waals surface area contributed by atoms with Crippen molar-refractivity contribution in [3.8, 4) is 11.5 Å². The van der Waals surface area contributed by atoms with Gasteiger partial charge in [-0.25, -0.2) is 9.51 Å². The number of ether oxygens (including phenoxy) is 2. The monoisotopic (exact) mass is 560 g/mol. The Morgan fingerprint density at radius 3 is 2.74 bits per heavy atom. The predicted octanol–water partition coefficient (Wildman–Crippen LogP) is -3.83. The third kappa shape index (κ3) is 4.74. The van der Waals surface area contributed by atoms with Crippen LogP contribution in [0.15, 0.2) is 53.1 Å². The summed E-state index contributed by atoms with van der Waals surface area (Å²) < 4.78 is 17.4. The number of halogens is 2. The lowest BCUT2D eigenvalue weighted by atomic mass is 9.68. The quantitative estimate of drug-likeness (QED) is 0.353. The standard InChI is InChI=1S/C28H32N4O4.2ClH/c1-18-30-26(36-31-18)23-15-20(19-7-4-3-5-8-19)11-13-32(23)27(33)22-16-29-17-28(22)12-14-35-25-21(28)9-6-10-24(25)34-2;;/h3-10,20,22-23,29H,11-17H2,1-2H3;2*1H/t20-,22+,23+,28+;;/m1../s1. The van der Waals surface area contributed by atoms with E-state index >= 15 is 0 Å². The summed E-state index contributed by atoms with van der Waals surface area (Å²) in [5.41, 5.74) is 2.13. The van der Waals surface area contributed by atoms with Crippen LogP contribution in [-0.2, 0) is 10.2 Å². The van der Waals surface area contributed by atoms with Gasteiger partial charge < -0.3 is 44.5 Å². The number of quaternary nitrogens is 1. The number of aryl methyl sites for hydroxylation is 1. The maximum atomic E-state index is 14.4. The molecule has 0 unspecified atom stereocenters. The number of nitrogens with one attached hydrogen (secondary N) is 1. The number of aromatic amines is 1. The molecule has 3 N–H and O–H groups in total. The summed E-state index contributed by atoms with van der Waals surface area (Å²) >= 11 is 0. The minimum Gasteiger partial charge on any atom is -1.00 e. The number of amides is 1. The Balaban J connectivity index is 0.00000168. The summed E-state index contributed by atoms with van der Waals surface area (Å²) in [7, 11) is 1.67. The Hall–Kier alpha value is -2.81. The minimum atomic E-state index is -0.277. The number of rotatable bonds is 4. The van der Waals surface area contributed by atoms with Crippen molar-refractivity contribution in [3.05, 3.63) is 71.4 Å². The molecule has 6 rings (SSSR count). The molecule has 1 aromatic heterocycles. The van der Waals surface area contributed by atoms with E-state index in [2.05, 4.69) is 50.7 Å². The molecule has 3 aliphatic rings. The fraction of sp³-hybridized carbons (Fsp3) is 0.464. The summed E-state index contributed by atoms with van der Waals surface area (Å²) in [5.74, 6) is 3.31. The molecule has 38 heavy (non-hydrogen) atoms. The first kappa shape index (κ1) is 28.2. The number of carbonyl (C=O) groups excluding carboxylic acids is 1. The minimum absolute atomic E-state index is 0. The van der Waals surface area contributed by atoms with Crippen LogP contribution in [0.2, 0.25) is 0 Å². The van der Waals surface area contributed by atoms with Crippen LogP contribution in [-0.4, -0.2) is 49.3 Å². The van der Waals surface area contributed by atoms with Gasteiger partial charge in [-0.15, -0.1) is 0 Å². The molecule has 2 fully saturated rings. The summed E-state index contributed by atoms with van der Waals surface area (Å²) in [5, 5.41) is 6.39. The van der Waals surface area contributed by atoms with Gasteiger partial charge in [0.2, 0.25) is 5.91 Å². The van der Waals surface area contributed by atoms with Gasteiger partial charge in [0.05, 0.1) is 32.2 Å². The van der Waals surface area contributed by atoms with E-state index in [1.165, 1.54) is 5.56 Å². The highest BCUT2D eigenvalue weighted by Gasteiger charge is 2.56. The van der Waals surface area contributed by atoms with Crippen molar-refractivity contribution < 1.29 is 53.9 Å². The van der Waals surface area contributed by atoms with Crippen molar-refractivity contribution in [1.29, 1.82) is 0 Å². The van der Waals surface area contributed by atoms with E-state index < -0.39 is 0 Å². The zero-order valence-corrected chi connectivity index (χ0v) is 23.2. The molecule has 8 nitrogen and oxygen atoms in total. The average Bonchev–Trinajstić information content (AvgIpc) is 3.55. The van der Waals surface area contributed by atoms with Crippen molar-refractivity contribution in [2.24, 2.45) is 5.92 Å². The number of carbonyl (C=O) groups is 1. The lowest BCUT2D eigenvalue weighted by Crippen LogP contribution is -3.00. The van der Waals surface area contributed by atoms with Crippen LogP contribution in [0.1, 0.15) is 54.1 Å². The number of para-hydroxylation sites is 1. The van der Waals surface area contributed by atoms with Crippen molar-refractivity contribution in [2.45, 2.75) is 43.6 Å². The second-order valence-corrected chi connectivity index (χ2v) is 10.3. The van der Waals surface area contributed by atoms with Crippen LogP contribution in [0.25, 0.3) is 0 Å². The van der Waals surface area contributed by atoms with Gasteiger partial charge in [-0.3, -0.25) is 4.79 Å². The first-order valence-electron chi connectivity index (χ1n) is 12.9. The number of hydrogen-bond acceptors (Lipinski definition) is 5. The molecule has 0 saturated carbocycles.